The van der Waals surface area contributed by atoms with Crippen molar-refractivity contribution in [1.82, 2.24) is 9.97 Å². The summed E-state index contributed by atoms with van der Waals surface area (Å²) < 4.78 is 2.12. The Hall–Kier alpha value is -2.38. The summed E-state index contributed by atoms with van der Waals surface area (Å²) in [5.41, 5.74) is 11.6. The van der Waals surface area contributed by atoms with Gasteiger partial charge in [-0.15, -0.1) is 11.3 Å². The summed E-state index contributed by atoms with van der Waals surface area (Å²) in [5, 5.41) is 6.23. The molecule has 0 aliphatic heterocycles. The van der Waals surface area contributed by atoms with E-state index in [1.807, 2.05) is 42.6 Å². The number of H-pyrrole nitrogens is 1. The molecule has 5 nitrogen and oxygen atoms in total. The fraction of sp³-hybridized carbons (Fsp3) is 0.0588. The van der Waals surface area contributed by atoms with Gasteiger partial charge in [-0.3, -0.25) is 0 Å². The van der Waals surface area contributed by atoms with Gasteiger partial charge < -0.3 is 28.0 Å². The number of hydrogen-bond donors (Lipinski definition) is 3. The monoisotopic (exact) mass is 401 g/mol. The van der Waals surface area contributed by atoms with Crippen LogP contribution >= 0.6 is 11.3 Å². The molecule has 4 aromatic rings. The van der Waals surface area contributed by atoms with Crippen molar-refractivity contribution in [3.05, 3.63) is 59.7 Å². The lowest BCUT2D eigenvalue weighted by molar-refractivity contribution is -0.498. The van der Waals surface area contributed by atoms with E-state index in [0.29, 0.717) is 0 Å². The lowest BCUT2D eigenvalue weighted by Gasteiger charge is -2.02. The van der Waals surface area contributed by atoms with E-state index >= 15 is 0 Å². The molecule has 0 fully saturated rings. The fourth-order valence-corrected chi connectivity index (χ4v) is 3.33. The molecular formula is C17H16BrN5S. The zero-order valence-electron chi connectivity index (χ0n) is 13.0. The molecule has 0 spiro atoms. The number of nitrogens with one attached hydrogen (secondary N) is 2. The summed E-state index contributed by atoms with van der Waals surface area (Å²) in [5.74, 6) is 0. The van der Waals surface area contributed by atoms with Crippen LogP contribution in [0, 0.1) is 6.92 Å². The molecule has 4 N–H and O–H groups in total. The molecule has 0 unspecified atom stereocenters. The maximum atomic E-state index is 5.71. The molecule has 0 saturated heterocycles. The Labute approximate surface area is 154 Å². The van der Waals surface area contributed by atoms with Crippen molar-refractivity contribution in [3.63, 3.8) is 0 Å². The summed E-state index contributed by atoms with van der Waals surface area (Å²) >= 11 is 1.58. The molecule has 1 aromatic carbocycles. The summed E-state index contributed by atoms with van der Waals surface area (Å²) in [7, 11) is 0. The summed E-state index contributed by atoms with van der Waals surface area (Å²) in [4.78, 5) is 8.10. The van der Waals surface area contributed by atoms with Gasteiger partial charge in [-0.25, -0.2) is 9.97 Å². The predicted octanol–water partition coefficient (Wildman–Crippen LogP) is 0.515. The highest BCUT2D eigenvalue weighted by Crippen LogP contribution is 2.27. The van der Waals surface area contributed by atoms with E-state index in [9.17, 15) is 0 Å². The van der Waals surface area contributed by atoms with Gasteiger partial charge in [0.1, 0.15) is 11.4 Å². The van der Waals surface area contributed by atoms with Gasteiger partial charge in [0.15, 0.2) is 5.13 Å². The van der Waals surface area contributed by atoms with E-state index in [2.05, 4.69) is 33.1 Å². The van der Waals surface area contributed by atoms with Gasteiger partial charge >= 0.3 is 0 Å². The predicted molar refractivity (Wildman–Crippen MR) is 93.9 cm³/mol. The Balaban J connectivity index is 0.00000169. The fourth-order valence-electron chi connectivity index (χ4n) is 2.62. The molecule has 0 amide bonds. The number of halogens is 1. The van der Waals surface area contributed by atoms with Crippen molar-refractivity contribution in [3.8, 4) is 11.4 Å². The van der Waals surface area contributed by atoms with Crippen LogP contribution in [-0.2, 0) is 0 Å². The molecule has 7 heteroatoms. The second-order valence-corrected chi connectivity index (χ2v) is 6.20. The number of aromatic amines is 1. The third kappa shape index (κ3) is 3.00. The molecule has 3 aromatic heterocycles. The Morgan fingerprint density at radius 1 is 1.17 bits per heavy atom. The first-order chi connectivity index (χ1) is 11.2. The molecule has 122 valence electrons. The van der Waals surface area contributed by atoms with Crippen LogP contribution in [0.2, 0.25) is 0 Å². The number of benzene rings is 1. The maximum absolute atomic E-state index is 5.71. The van der Waals surface area contributed by atoms with E-state index in [0.717, 1.165) is 39.2 Å². The number of nitrogens with two attached hydrogens (primary N) is 1. The zero-order valence-corrected chi connectivity index (χ0v) is 15.4. The molecule has 0 radical (unpaired) electrons. The van der Waals surface area contributed by atoms with E-state index < -0.39 is 0 Å². The van der Waals surface area contributed by atoms with Crippen molar-refractivity contribution in [2.45, 2.75) is 6.92 Å². The molecule has 0 aliphatic rings. The van der Waals surface area contributed by atoms with Crippen LogP contribution in [0.1, 0.15) is 5.69 Å². The van der Waals surface area contributed by atoms with Crippen LogP contribution in [0.25, 0.3) is 17.0 Å². The molecule has 3 heterocycles. The quantitative estimate of drug-likeness (QED) is 0.346. The van der Waals surface area contributed by atoms with E-state index in [1.54, 1.807) is 11.3 Å². The SMILES string of the molecule is Cc1[nH]c2cccc[n+]2c1-c1csc(Nc2ccc(N)cc2)n1.[Br-]. The first-order valence-electron chi connectivity index (χ1n) is 7.28. The van der Waals surface area contributed by atoms with E-state index in [-0.39, 0.29) is 17.0 Å². The van der Waals surface area contributed by atoms with Crippen LogP contribution in [0.5, 0.6) is 0 Å². The lowest BCUT2D eigenvalue weighted by Crippen LogP contribution is -3.00. The van der Waals surface area contributed by atoms with Crippen molar-refractivity contribution in [2.24, 2.45) is 0 Å². The van der Waals surface area contributed by atoms with Crippen molar-refractivity contribution >= 4 is 33.5 Å². The summed E-state index contributed by atoms with van der Waals surface area (Å²) in [6.45, 7) is 2.06. The normalized spacial score (nSPS) is 10.5. The van der Waals surface area contributed by atoms with E-state index in [4.69, 9.17) is 10.7 Å². The second-order valence-electron chi connectivity index (χ2n) is 5.34. The Morgan fingerprint density at radius 3 is 2.75 bits per heavy atom. The number of hydrogen-bond acceptors (Lipinski definition) is 4. The molecule has 0 atom stereocenters. The van der Waals surface area contributed by atoms with Crippen LogP contribution < -0.4 is 32.4 Å². The molecule has 24 heavy (non-hydrogen) atoms. The van der Waals surface area contributed by atoms with Gasteiger partial charge in [0.05, 0.1) is 6.20 Å². The number of aryl methyl sites for hydroxylation is 1. The molecule has 0 aliphatic carbocycles. The highest BCUT2D eigenvalue weighted by atomic mass is 79.9. The number of thiazole rings is 1. The maximum Gasteiger partial charge on any atom is 0.284 e. The Morgan fingerprint density at radius 2 is 1.96 bits per heavy atom. The molecular weight excluding hydrogens is 386 g/mol. The van der Waals surface area contributed by atoms with Gasteiger partial charge in [0, 0.05) is 29.7 Å². The number of fused-ring (bicyclic) bond motifs is 1. The average molecular weight is 402 g/mol. The standard InChI is InChI=1S/C17H15N5S.BrH/c1-11-16(22-9-3-2-4-15(22)19-11)14-10-23-17(21-14)20-13-7-5-12(18)6-8-13;/h2-10H,18H2,1H3,(H,20,21);1H. The van der Waals surface area contributed by atoms with Crippen LogP contribution in [0.3, 0.4) is 0 Å². The largest absolute Gasteiger partial charge is 1.00 e. The number of pyridine rings is 1. The highest BCUT2D eigenvalue weighted by molar-refractivity contribution is 7.14. The van der Waals surface area contributed by atoms with Crippen LogP contribution in [-0.4, -0.2) is 9.97 Å². The smallest absolute Gasteiger partial charge is 0.284 e. The third-order valence-corrected chi connectivity index (χ3v) is 4.44. The first kappa shape index (κ1) is 16.5. The van der Waals surface area contributed by atoms with Gasteiger partial charge in [-0.2, -0.15) is 4.40 Å². The van der Waals surface area contributed by atoms with Gasteiger partial charge in [0.25, 0.3) is 5.65 Å². The molecule has 0 saturated carbocycles. The highest BCUT2D eigenvalue weighted by Gasteiger charge is 2.20. The average Bonchev–Trinajstić information content (AvgIpc) is 3.12. The summed E-state index contributed by atoms with van der Waals surface area (Å²) in [6.07, 6.45) is 2.04. The van der Waals surface area contributed by atoms with Crippen molar-refractivity contribution in [2.75, 3.05) is 11.1 Å². The zero-order chi connectivity index (χ0) is 15.8. The van der Waals surface area contributed by atoms with Crippen molar-refractivity contribution in [1.29, 1.82) is 0 Å². The minimum atomic E-state index is 0. The molecule has 4 rings (SSSR count). The van der Waals surface area contributed by atoms with Crippen LogP contribution in [0.15, 0.2) is 54.0 Å². The summed E-state index contributed by atoms with van der Waals surface area (Å²) in [6, 6.07) is 13.7. The Bertz CT molecular complexity index is 974. The second kappa shape index (κ2) is 6.62. The minimum absolute atomic E-state index is 0. The first-order valence-corrected chi connectivity index (χ1v) is 8.16. The van der Waals surface area contributed by atoms with Crippen LogP contribution in [0.4, 0.5) is 16.5 Å². The minimum Gasteiger partial charge on any atom is -1.00 e. The topological polar surface area (TPSA) is 70.8 Å². The number of anilines is 3. The number of nitrogen functional groups attached to an aromatic ring is 1. The van der Waals surface area contributed by atoms with E-state index in [1.165, 1.54) is 0 Å². The number of nitrogens with zero attached hydrogens (tertiary/aromatic N) is 2. The lowest BCUT2D eigenvalue weighted by atomic mass is 10.3. The van der Waals surface area contributed by atoms with Gasteiger partial charge in [-0.1, -0.05) is 6.07 Å². The van der Waals surface area contributed by atoms with Gasteiger partial charge in [0.2, 0.25) is 5.69 Å². The number of imidazole rings is 1. The number of aromatic nitrogens is 3. The Kier molecular flexibility index (Phi) is 4.55. The van der Waals surface area contributed by atoms with Gasteiger partial charge in [-0.05, 0) is 30.3 Å². The van der Waals surface area contributed by atoms with Crippen molar-refractivity contribution < 1.29 is 21.4 Å². The number of rotatable bonds is 3. The molecule has 0 bridgehead atoms. The third-order valence-electron chi connectivity index (χ3n) is 3.68.